The molecule has 0 heterocycles. The van der Waals surface area contributed by atoms with Gasteiger partial charge in [0.05, 0.1) is 6.61 Å². The number of halogens is 2. The number of amides is 1. The Morgan fingerprint density at radius 3 is 2.57 bits per heavy atom. The largest absolute Gasteiger partial charge is 0.494 e. The van der Waals surface area contributed by atoms with Crippen molar-refractivity contribution < 1.29 is 18.3 Å². The van der Waals surface area contributed by atoms with Gasteiger partial charge < -0.3 is 10.1 Å². The number of nitrogens with one attached hydrogen (secondary N) is 1. The van der Waals surface area contributed by atoms with Crippen LogP contribution in [0.4, 0.5) is 8.78 Å². The fourth-order valence-corrected chi connectivity index (χ4v) is 2.06. The predicted octanol–water partition coefficient (Wildman–Crippen LogP) is 3.48. The van der Waals surface area contributed by atoms with Crippen molar-refractivity contribution in [2.75, 3.05) is 13.2 Å². The molecule has 0 radical (unpaired) electrons. The molecule has 1 amide bonds. The Kier molecular flexibility index (Phi) is 6.54. The minimum absolute atomic E-state index is 0.0731. The van der Waals surface area contributed by atoms with E-state index in [-0.39, 0.29) is 17.5 Å². The number of carbonyl (C=O) groups is 1. The van der Waals surface area contributed by atoms with Gasteiger partial charge in [0.1, 0.15) is 17.4 Å². The molecule has 0 saturated heterocycles. The number of hydrogen-bond acceptors (Lipinski definition) is 2. The van der Waals surface area contributed by atoms with Gasteiger partial charge in [0.15, 0.2) is 0 Å². The van der Waals surface area contributed by atoms with Gasteiger partial charge >= 0.3 is 0 Å². The van der Waals surface area contributed by atoms with Crippen LogP contribution in [0.2, 0.25) is 0 Å². The lowest BCUT2D eigenvalue weighted by atomic mass is 10.1. The maximum atomic E-state index is 13.0. The molecule has 2 rings (SSSR count). The van der Waals surface area contributed by atoms with Crippen LogP contribution in [0.15, 0.2) is 48.5 Å². The zero-order chi connectivity index (χ0) is 16.5. The Hall–Kier alpha value is -2.43. The summed E-state index contributed by atoms with van der Waals surface area (Å²) in [5.74, 6) is -0.0661. The third-order valence-corrected chi connectivity index (χ3v) is 3.26. The molecule has 3 nitrogen and oxygen atoms in total. The Bertz CT molecular complexity index is 629. The van der Waals surface area contributed by atoms with E-state index in [1.807, 2.05) is 0 Å². The molecule has 0 atom stereocenters. The molecule has 0 bridgehead atoms. The van der Waals surface area contributed by atoms with Gasteiger partial charge in [0.2, 0.25) is 5.91 Å². The van der Waals surface area contributed by atoms with Crippen molar-refractivity contribution in [3.05, 3.63) is 65.7 Å². The van der Waals surface area contributed by atoms with E-state index < -0.39 is 0 Å². The summed E-state index contributed by atoms with van der Waals surface area (Å²) in [7, 11) is 0. The van der Waals surface area contributed by atoms with Crippen molar-refractivity contribution in [2.24, 2.45) is 0 Å². The van der Waals surface area contributed by atoms with E-state index >= 15 is 0 Å². The van der Waals surface area contributed by atoms with E-state index in [0.717, 1.165) is 5.56 Å². The smallest absolute Gasteiger partial charge is 0.220 e. The summed E-state index contributed by atoms with van der Waals surface area (Å²) in [6.45, 7) is 0.943. The van der Waals surface area contributed by atoms with Crippen molar-refractivity contribution in [1.82, 2.24) is 5.32 Å². The summed E-state index contributed by atoms with van der Waals surface area (Å²) >= 11 is 0. The summed E-state index contributed by atoms with van der Waals surface area (Å²) in [6, 6.07) is 12.0. The van der Waals surface area contributed by atoms with Gasteiger partial charge in [-0.1, -0.05) is 12.1 Å². The summed E-state index contributed by atoms with van der Waals surface area (Å²) in [4.78, 5) is 11.7. The van der Waals surface area contributed by atoms with Crippen molar-refractivity contribution in [2.45, 2.75) is 19.3 Å². The first-order chi connectivity index (χ1) is 11.1. The molecular weight excluding hydrogens is 300 g/mol. The number of hydrogen-bond donors (Lipinski definition) is 1. The molecular formula is C18H19F2NO2. The molecule has 0 unspecified atom stereocenters. The third-order valence-electron chi connectivity index (χ3n) is 3.26. The predicted molar refractivity (Wildman–Crippen MR) is 84.2 cm³/mol. The van der Waals surface area contributed by atoms with Crippen LogP contribution in [0.1, 0.15) is 18.4 Å². The van der Waals surface area contributed by atoms with E-state index in [0.29, 0.717) is 38.2 Å². The van der Waals surface area contributed by atoms with Gasteiger partial charge in [0.25, 0.3) is 0 Å². The molecule has 0 spiro atoms. The zero-order valence-electron chi connectivity index (χ0n) is 12.7. The highest BCUT2D eigenvalue weighted by Crippen LogP contribution is 2.11. The van der Waals surface area contributed by atoms with Crippen LogP contribution in [-0.2, 0) is 11.2 Å². The number of rotatable bonds is 8. The van der Waals surface area contributed by atoms with Gasteiger partial charge in [-0.25, -0.2) is 8.78 Å². The van der Waals surface area contributed by atoms with Gasteiger partial charge in [0, 0.05) is 13.0 Å². The number of carbonyl (C=O) groups excluding carboxylic acids is 1. The monoisotopic (exact) mass is 319 g/mol. The average Bonchev–Trinajstić information content (AvgIpc) is 2.54. The highest BCUT2D eigenvalue weighted by molar-refractivity contribution is 5.76. The molecule has 0 aliphatic rings. The standard InChI is InChI=1S/C18H19F2NO2/c19-15-6-8-17(9-7-15)23-12-2-11-21-18(22)10-5-14-3-1-4-16(20)13-14/h1,3-4,6-9,13H,2,5,10-12H2,(H,21,22). The van der Waals surface area contributed by atoms with E-state index in [1.54, 1.807) is 24.3 Å². The molecule has 0 aliphatic carbocycles. The highest BCUT2D eigenvalue weighted by Gasteiger charge is 2.03. The van der Waals surface area contributed by atoms with Crippen LogP contribution in [-0.4, -0.2) is 19.1 Å². The third kappa shape index (κ3) is 6.46. The number of benzene rings is 2. The Morgan fingerprint density at radius 2 is 1.83 bits per heavy atom. The maximum Gasteiger partial charge on any atom is 0.220 e. The van der Waals surface area contributed by atoms with Crippen molar-refractivity contribution in [1.29, 1.82) is 0 Å². The topological polar surface area (TPSA) is 38.3 Å². The van der Waals surface area contributed by atoms with Crippen LogP contribution >= 0.6 is 0 Å². The van der Waals surface area contributed by atoms with E-state index in [1.165, 1.54) is 24.3 Å². The van der Waals surface area contributed by atoms with Crippen molar-refractivity contribution >= 4 is 5.91 Å². The normalized spacial score (nSPS) is 10.3. The molecule has 23 heavy (non-hydrogen) atoms. The number of ether oxygens (including phenoxy) is 1. The first kappa shape index (κ1) is 16.9. The summed E-state index contributed by atoms with van der Waals surface area (Å²) in [6.07, 6.45) is 1.49. The fourth-order valence-electron chi connectivity index (χ4n) is 2.06. The minimum Gasteiger partial charge on any atom is -0.494 e. The first-order valence-corrected chi connectivity index (χ1v) is 7.53. The van der Waals surface area contributed by atoms with Crippen molar-refractivity contribution in [3.8, 4) is 5.75 Å². The van der Waals surface area contributed by atoms with Crippen LogP contribution in [0, 0.1) is 11.6 Å². The molecule has 1 N–H and O–H groups in total. The molecule has 0 aromatic heterocycles. The van der Waals surface area contributed by atoms with E-state index in [2.05, 4.69) is 5.32 Å². The SMILES string of the molecule is O=C(CCc1cccc(F)c1)NCCCOc1ccc(F)cc1. The second kappa shape index (κ2) is 8.88. The van der Waals surface area contributed by atoms with E-state index in [9.17, 15) is 13.6 Å². The Balaban J connectivity index is 1.57. The van der Waals surface area contributed by atoms with Gasteiger partial charge in [-0.3, -0.25) is 4.79 Å². The zero-order valence-corrected chi connectivity index (χ0v) is 12.7. The minimum atomic E-state index is -0.303. The fraction of sp³-hybridized carbons (Fsp3) is 0.278. The molecule has 122 valence electrons. The Morgan fingerprint density at radius 1 is 1.04 bits per heavy atom. The van der Waals surface area contributed by atoms with Crippen LogP contribution in [0.25, 0.3) is 0 Å². The molecule has 0 fully saturated rings. The van der Waals surface area contributed by atoms with Crippen LogP contribution in [0.5, 0.6) is 5.75 Å². The van der Waals surface area contributed by atoms with Crippen LogP contribution < -0.4 is 10.1 Å². The van der Waals surface area contributed by atoms with Crippen LogP contribution in [0.3, 0.4) is 0 Å². The quantitative estimate of drug-likeness (QED) is 0.757. The van der Waals surface area contributed by atoms with E-state index in [4.69, 9.17) is 4.74 Å². The summed E-state index contributed by atoms with van der Waals surface area (Å²) < 4.78 is 31.1. The second-order valence-corrected chi connectivity index (χ2v) is 5.14. The lowest BCUT2D eigenvalue weighted by Gasteiger charge is -2.07. The molecule has 2 aromatic carbocycles. The molecule has 0 aliphatic heterocycles. The molecule has 2 aromatic rings. The van der Waals surface area contributed by atoms with Crippen molar-refractivity contribution in [3.63, 3.8) is 0 Å². The summed E-state index contributed by atoms with van der Waals surface area (Å²) in [5, 5.41) is 2.79. The second-order valence-electron chi connectivity index (χ2n) is 5.14. The highest BCUT2D eigenvalue weighted by atomic mass is 19.1. The summed E-state index contributed by atoms with van der Waals surface area (Å²) in [5.41, 5.74) is 0.805. The number of aryl methyl sites for hydroxylation is 1. The van der Waals surface area contributed by atoms with Gasteiger partial charge in [-0.15, -0.1) is 0 Å². The lowest BCUT2D eigenvalue weighted by molar-refractivity contribution is -0.121. The van der Waals surface area contributed by atoms with Gasteiger partial charge in [-0.2, -0.15) is 0 Å². The maximum absolute atomic E-state index is 13.0. The lowest BCUT2D eigenvalue weighted by Crippen LogP contribution is -2.25. The first-order valence-electron chi connectivity index (χ1n) is 7.53. The Labute approximate surface area is 134 Å². The van der Waals surface area contributed by atoms with Gasteiger partial charge in [-0.05, 0) is 54.8 Å². The molecule has 0 saturated carbocycles. The average molecular weight is 319 g/mol. The molecule has 5 heteroatoms.